The maximum atomic E-state index is 11.7. The summed E-state index contributed by atoms with van der Waals surface area (Å²) in [4.78, 5) is 16.5. The minimum atomic E-state index is 0.308. The van der Waals surface area contributed by atoms with Crippen LogP contribution in [0.3, 0.4) is 0 Å². The third kappa shape index (κ3) is 3.66. The van der Waals surface area contributed by atoms with Gasteiger partial charge in [0, 0.05) is 44.5 Å². The number of nitrogens with zero attached hydrogens (tertiary/aromatic N) is 2. The van der Waals surface area contributed by atoms with Crippen molar-refractivity contribution < 1.29 is 9.53 Å². The van der Waals surface area contributed by atoms with Gasteiger partial charge >= 0.3 is 0 Å². The molecule has 0 bridgehead atoms. The van der Waals surface area contributed by atoms with Crippen molar-refractivity contribution in [1.29, 1.82) is 0 Å². The number of carbonyl (C=O) groups excluding carboxylic acids is 1. The van der Waals surface area contributed by atoms with E-state index >= 15 is 0 Å². The van der Waals surface area contributed by atoms with E-state index in [4.69, 9.17) is 4.74 Å². The van der Waals surface area contributed by atoms with Crippen LogP contribution in [0.15, 0.2) is 0 Å². The van der Waals surface area contributed by atoms with Crippen LogP contribution in [0, 0.1) is 5.92 Å². The number of methoxy groups -OCH3 is 1. The zero-order valence-electron chi connectivity index (χ0n) is 10.4. The Hall–Kier alpha value is -0.130. The molecule has 2 heterocycles. The van der Waals surface area contributed by atoms with Crippen molar-refractivity contribution in [2.24, 2.45) is 5.92 Å². The molecule has 0 aromatic carbocycles. The van der Waals surface area contributed by atoms with Crippen molar-refractivity contribution in [3.63, 3.8) is 0 Å². The molecule has 0 N–H and O–H groups in total. The lowest BCUT2D eigenvalue weighted by Crippen LogP contribution is -2.33. The Morgan fingerprint density at radius 3 is 2.94 bits per heavy atom. The topological polar surface area (TPSA) is 32.8 Å². The summed E-state index contributed by atoms with van der Waals surface area (Å²) in [5, 5.41) is 0. The molecule has 4 nitrogen and oxygen atoms in total. The van der Waals surface area contributed by atoms with Crippen LogP contribution in [0.25, 0.3) is 0 Å². The fourth-order valence-electron chi connectivity index (χ4n) is 2.70. The SMILES string of the molecule is COCCN1CCC(CN2CC(Br)CC2=O)C1. The minimum Gasteiger partial charge on any atom is -0.383 e. The van der Waals surface area contributed by atoms with Gasteiger partial charge in [-0.1, -0.05) is 15.9 Å². The Labute approximate surface area is 111 Å². The van der Waals surface area contributed by atoms with Crippen molar-refractivity contribution in [3.05, 3.63) is 0 Å². The van der Waals surface area contributed by atoms with Gasteiger partial charge in [0.1, 0.15) is 0 Å². The average molecular weight is 305 g/mol. The third-order valence-electron chi connectivity index (χ3n) is 3.63. The van der Waals surface area contributed by atoms with Gasteiger partial charge in [-0.2, -0.15) is 0 Å². The second kappa shape index (κ2) is 6.16. The maximum absolute atomic E-state index is 11.7. The molecule has 0 aliphatic carbocycles. The number of ether oxygens (including phenoxy) is 1. The summed E-state index contributed by atoms with van der Waals surface area (Å²) in [7, 11) is 1.74. The summed E-state index contributed by atoms with van der Waals surface area (Å²) in [5.41, 5.74) is 0. The van der Waals surface area contributed by atoms with Gasteiger partial charge < -0.3 is 14.5 Å². The molecular formula is C12H21BrN2O2. The zero-order valence-corrected chi connectivity index (χ0v) is 12.0. The van der Waals surface area contributed by atoms with Gasteiger partial charge in [0.15, 0.2) is 0 Å². The first-order valence-electron chi connectivity index (χ1n) is 6.32. The quantitative estimate of drug-likeness (QED) is 0.709. The molecule has 5 heteroatoms. The molecule has 2 aliphatic rings. The first kappa shape index (κ1) is 13.3. The number of likely N-dealkylation sites (tertiary alicyclic amines) is 2. The molecule has 1 amide bonds. The van der Waals surface area contributed by atoms with Crippen molar-refractivity contribution >= 4 is 21.8 Å². The standard InChI is InChI=1S/C12H21BrN2O2/c1-17-5-4-14-3-2-10(7-14)8-15-9-11(13)6-12(15)16/h10-11H,2-9H2,1H3. The predicted molar refractivity (Wildman–Crippen MR) is 70.3 cm³/mol. The lowest BCUT2D eigenvalue weighted by molar-refractivity contribution is -0.128. The van der Waals surface area contributed by atoms with Crippen LogP contribution in [-0.4, -0.2) is 67.0 Å². The molecule has 2 unspecified atom stereocenters. The van der Waals surface area contributed by atoms with E-state index in [9.17, 15) is 4.79 Å². The summed E-state index contributed by atoms with van der Waals surface area (Å²) < 4.78 is 5.09. The number of alkyl halides is 1. The Bertz CT molecular complexity index is 275. The van der Waals surface area contributed by atoms with E-state index in [-0.39, 0.29) is 0 Å². The highest BCUT2D eigenvalue weighted by Crippen LogP contribution is 2.23. The van der Waals surface area contributed by atoms with Crippen LogP contribution < -0.4 is 0 Å². The Balaban J connectivity index is 1.72. The highest BCUT2D eigenvalue weighted by Gasteiger charge is 2.31. The normalized spacial score (nSPS) is 30.5. The molecule has 2 rings (SSSR count). The monoisotopic (exact) mass is 304 g/mol. The largest absolute Gasteiger partial charge is 0.383 e. The van der Waals surface area contributed by atoms with Gasteiger partial charge in [-0.05, 0) is 18.9 Å². The molecule has 2 atom stereocenters. The lowest BCUT2D eigenvalue weighted by Gasteiger charge is -2.21. The van der Waals surface area contributed by atoms with Gasteiger partial charge in [0.2, 0.25) is 5.91 Å². The second-order valence-electron chi connectivity index (χ2n) is 5.05. The van der Waals surface area contributed by atoms with E-state index in [1.165, 1.54) is 6.42 Å². The molecule has 0 aromatic heterocycles. The van der Waals surface area contributed by atoms with E-state index in [1.54, 1.807) is 7.11 Å². The van der Waals surface area contributed by atoms with Gasteiger partial charge in [-0.15, -0.1) is 0 Å². The molecule has 98 valence electrons. The molecule has 17 heavy (non-hydrogen) atoms. The molecule has 0 aromatic rings. The van der Waals surface area contributed by atoms with Gasteiger partial charge in [0.05, 0.1) is 6.61 Å². The van der Waals surface area contributed by atoms with E-state index in [0.717, 1.165) is 39.3 Å². The molecule has 2 aliphatic heterocycles. The number of rotatable bonds is 5. The zero-order chi connectivity index (χ0) is 12.3. The summed E-state index contributed by atoms with van der Waals surface area (Å²) in [6.07, 6.45) is 1.88. The van der Waals surface area contributed by atoms with Crippen LogP contribution in [0.1, 0.15) is 12.8 Å². The molecule has 0 saturated carbocycles. The van der Waals surface area contributed by atoms with E-state index in [2.05, 4.69) is 20.8 Å². The number of halogens is 1. The van der Waals surface area contributed by atoms with Crippen LogP contribution in [0.5, 0.6) is 0 Å². The van der Waals surface area contributed by atoms with Crippen molar-refractivity contribution in [2.75, 3.05) is 46.4 Å². The van der Waals surface area contributed by atoms with E-state index in [0.29, 0.717) is 23.1 Å². The molecule has 2 fully saturated rings. The number of carbonyl (C=O) groups is 1. The van der Waals surface area contributed by atoms with Crippen LogP contribution in [0.4, 0.5) is 0 Å². The summed E-state index contributed by atoms with van der Waals surface area (Å²) in [6, 6.07) is 0. The number of amides is 1. The van der Waals surface area contributed by atoms with Gasteiger partial charge in [-0.3, -0.25) is 4.79 Å². The fraction of sp³-hybridized carbons (Fsp3) is 0.917. The maximum Gasteiger partial charge on any atom is 0.223 e. The van der Waals surface area contributed by atoms with E-state index < -0.39 is 0 Å². The lowest BCUT2D eigenvalue weighted by atomic mass is 10.1. The van der Waals surface area contributed by atoms with Crippen molar-refractivity contribution in [3.8, 4) is 0 Å². The highest BCUT2D eigenvalue weighted by molar-refractivity contribution is 9.09. The Morgan fingerprint density at radius 2 is 2.29 bits per heavy atom. The summed E-state index contributed by atoms with van der Waals surface area (Å²) in [6.45, 7) is 5.90. The van der Waals surface area contributed by atoms with Crippen molar-refractivity contribution in [2.45, 2.75) is 17.7 Å². The predicted octanol–water partition coefficient (Wildman–Crippen LogP) is 0.951. The fourth-order valence-corrected chi connectivity index (χ4v) is 3.32. The van der Waals surface area contributed by atoms with Gasteiger partial charge in [0.25, 0.3) is 0 Å². The minimum absolute atomic E-state index is 0.308. The molecule has 0 spiro atoms. The molecule has 2 saturated heterocycles. The molecular weight excluding hydrogens is 284 g/mol. The highest BCUT2D eigenvalue weighted by atomic mass is 79.9. The number of hydrogen-bond acceptors (Lipinski definition) is 3. The van der Waals surface area contributed by atoms with Gasteiger partial charge in [-0.25, -0.2) is 0 Å². The third-order valence-corrected chi connectivity index (χ3v) is 4.24. The first-order chi connectivity index (χ1) is 8.19. The number of hydrogen-bond donors (Lipinski definition) is 0. The van der Waals surface area contributed by atoms with Crippen molar-refractivity contribution in [1.82, 2.24) is 9.80 Å². The summed E-state index contributed by atoms with van der Waals surface area (Å²) >= 11 is 3.53. The Morgan fingerprint density at radius 1 is 1.47 bits per heavy atom. The van der Waals surface area contributed by atoms with E-state index in [1.807, 2.05) is 4.90 Å². The smallest absolute Gasteiger partial charge is 0.223 e. The van der Waals surface area contributed by atoms with Crippen LogP contribution in [0.2, 0.25) is 0 Å². The van der Waals surface area contributed by atoms with Crippen LogP contribution >= 0.6 is 15.9 Å². The second-order valence-corrected chi connectivity index (χ2v) is 6.34. The first-order valence-corrected chi connectivity index (χ1v) is 7.23. The van der Waals surface area contributed by atoms with Crippen LogP contribution in [-0.2, 0) is 9.53 Å². The average Bonchev–Trinajstić information content (AvgIpc) is 2.84. The molecule has 0 radical (unpaired) electrons. The summed E-state index contributed by atoms with van der Waals surface area (Å²) in [5.74, 6) is 0.954. The Kier molecular flexibility index (Phi) is 4.82.